The first-order chi connectivity index (χ1) is 13.5. The minimum Gasteiger partial charge on any atom is -0.550 e. The number of hydrogen-bond acceptors (Lipinski definition) is 7. The summed E-state index contributed by atoms with van der Waals surface area (Å²) in [4.78, 5) is 36.5. The molecule has 0 aliphatic heterocycles. The number of nitrogens with one attached hydrogen (secondary N) is 1. The molecule has 2 atom stereocenters. The highest BCUT2D eigenvalue weighted by Gasteiger charge is 2.45. The van der Waals surface area contributed by atoms with Crippen LogP contribution in [0, 0.1) is 0 Å². The topological polar surface area (TPSA) is 116 Å². The van der Waals surface area contributed by atoms with Crippen molar-refractivity contribution in [2.75, 3.05) is 39.7 Å². The number of aliphatic hydroxyl groups is 1. The first-order valence-corrected chi connectivity index (χ1v) is 10.6. The number of carboxylic acids is 1. The Morgan fingerprint density at radius 3 is 2.38 bits per heavy atom. The lowest BCUT2D eigenvalue weighted by Crippen LogP contribution is -2.61. The number of thioether (sulfide) groups is 1. The average molecular weight is 427 g/mol. The summed E-state index contributed by atoms with van der Waals surface area (Å²) in [6.07, 6.45) is 0.411. The van der Waals surface area contributed by atoms with Crippen LogP contribution in [0.1, 0.15) is 18.4 Å². The molecule has 0 fully saturated rings. The van der Waals surface area contributed by atoms with Crippen LogP contribution < -0.4 is 10.4 Å². The summed E-state index contributed by atoms with van der Waals surface area (Å²) in [5.41, 5.74) is -1.39. The minimum absolute atomic E-state index is 0.0261. The molecule has 8 nitrogen and oxygen atoms in total. The number of quaternary nitrogens is 1. The van der Waals surface area contributed by atoms with Gasteiger partial charge in [0.25, 0.3) is 0 Å². The zero-order chi connectivity index (χ0) is 22.1. The van der Waals surface area contributed by atoms with Crippen molar-refractivity contribution in [1.82, 2.24) is 5.32 Å². The predicted molar refractivity (Wildman–Crippen MR) is 109 cm³/mol. The number of benzene rings is 1. The highest BCUT2D eigenvalue weighted by atomic mass is 32.2. The van der Waals surface area contributed by atoms with E-state index in [-0.39, 0.29) is 24.1 Å². The number of ether oxygens (including phenoxy) is 1. The zero-order valence-corrected chi connectivity index (χ0v) is 18.2. The van der Waals surface area contributed by atoms with Crippen LogP contribution in [0.15, 0.2) is 30.3 Å². The highest BCUT2D eigenvalue weighted by Crippen LogP contribution is 2.20. The van der Waals surface area contributed by atoms with Gasteiger partial charge in [-0.15, -0.1) is 0 Å². The fourth-order valence-electron chi connectivity index (χ4n) is 2.98. The van der Waals surface area contributed by atoms with Gasteiger partial charge in [-0.3, -0.25) is 4.79 Å². The molecule has 0 aliphatic carbocycles. The first-order valence-electron chi connectivity index (χ1n) is 9.20. The van der Waals surface area contributed by atoms with Crippen molar-refractivity contribution in [3.63, 3.8) is 0 Å². The van der Waals surface area contributed by atoms with E-state index in [1.54, 1.807) is 33.3 Å². The van der Waals surface area contributed by atoms with E-state index in [1.165, 1.54) is 11.8 Å². The molecule has 2 N–H and O–H groups in total. The van der Waals surface area contributed by atoms with Crippen molar-refractivity contribution in [2.24, 2.45) is 0 Å². The largest absolute Gasteiger partial charge is 0.550 e. The van der Waals surface area contributed by atoms with Crippen LogP contribution in [0.3, 0.4) is 0 Å². The molecule has 0 heterocycles. The van der Waals surface area contributed by atoms with Crippen LogP contribution in [-0.2, 0) is 20.9 Å². The van der Waals surface area contributed by atoms with Crippen molar-refractivity contribution in [3.05, 3.63) is 35.9 Å². The monoisotopic (exact) mass is 426 g/mol. The Morgan fingerprint density at radius 2 is 1.86 bits per heavy atom. The maximum absolute atomic E-state index is 13.1. The number of hydrogen-bond donors (Lipinski definition) is 2. The van der Waals surface area contributed by atoms with Crippen molar-refractivity contribution in [2.45, 2.75) is 31.1 Å². The Labute approximate surface area is 175 Å². The molecule has 0 aliphatic rings. The van der Waals surface area contributed by atoms with Crippen molar-refractivity contribution in [1.29, 1.82) is 0 Å². The second kappa shape index (κ2) is 11.2. The molecule has 0 aromatic heterocycles. The van der Waals surface area contributed by atoms with Crippen LogP contribution in [0.25, 0.3) is 0 Å². The molecule has 0 radical (unpaired) electrons. The third kappa shape index (κ3) is 9.29. The minimum atomic E-state index is -2.17. The number of carbonyl (C=O) groups excluding carboxylic acids is 3. The van der Waals surface area contributed by atoms with Gasteiger partial charge in [0.15, 0.2) is 11.4 Å². The number of alkyl carbamates (subject to hydrolysis) is 1. The third-order valence-corrected chi connectivity index (χ3v) is 4.71. The molecule has 1 rings (SSSR count). The van der Waals surface area contributed by atoms with E-state index in [2.05, 4.69) is 5.32 Å². The summed E-state index contributed by atoms with van der Waals surface area (Å²) >= 11 is 1.46. The Hall–Kier alpha value is -2.10. The van der Waals surface area contributed by atoms with Crippen molar-refractivity contribution in [3.8, 4) is 0 Å². The summed E-state index contributed by atoms with van der Waals surface area (Å²) in [6, 6.07) is 7.97. The fraction of sp³-hybridized carbons (Fsp3) is 0.550. The Balaban J connectivity index is 2.92. The number of Topliss-reactive ketones (excluding diaryl/α,β-unsaturated/α-hetero) is 1. The number of ketones is 1. The fourth-order valence-corrected chi connectivity index (χ4v) is 3.45. The number of carbonyl (C=O) groups is 3. The average Bonchev–Trinajstić information content (AvgIpc) is 2.61. The molecule has 0 saturated carbocycles. The van der Waals surface area contributed by atoms with Crippen LogP contribution in [0.2, 0.25) is 0 Å². The molecule has 0 spiro atoms. The van der Waals surface area contributed by atoms with E-state index in [1.807, 2.05) is 24.5 Å². The van der Waals surface area contributed by atoms with E-state index in [0.29, 0.717) is 5.75 Å². The smallest absolute Gasteiger partial charge is 0.408 e. The van der Waals surface area contributed by atoms with Gasteiger partial charge in [-0.1, -0.05) is 30.3 Å². The van der Waals surface area contributed by atoms with Crippen LogP contribution in [-0.4, -0.2) is 78.8 Å². The summed E-state index contributed by atoms with van der Waals surface area (Å²) in [5.74, 6) is -1.77. The van der Waals surface area contributed by atoms with Gasteiger partial charge in [-0.05, 0) is 24.0 Å². The number of rotatable bonds is 12. The number of carboxylic acid groups (broad SMARTS) is 1. The van der Waals surface area contributed by atoms with Crippen molar-refractivity contribution < 1.29 is 33.8 Å². The van der Waals surface area contributed by atoms with E-state index in [4.69, 9.17) is 4.74 Å². The molecular formula is C20H30N2O6S. The molecule has 0 unspecified atom stereocenters. The zero-order valence-electron chi connectivity index (χ0n) is 17.3. The van der Waals surface area contributed by atoms with Gasteiger partial charge >= 0.3 is 6.09 Å². The molecule has 162 valence electrons. The maximum Gasteiger partial charge on any atom is 0.408 e. The Morgan fingerprint density at radius 1 is 1.24 bits per heavy atom. The highest BCUT2D eigenvalue weighted by molar-refractivity contribution is 7.98. The molecule has 29 heavy (non-hydrogen) atoms. The van der Waals surface area contributed by atoms with Gasteiger partial charge in [0.05, 0.1) is 27.2 Å². The van der Waals surface area contributed by atoms with E-state index in [0.717, 1.165) is 5.56 Å². The van der Waals surface area contributed by atoms with Gasteiger partial charge in [0.2, 0.25) is 0 Å². The Bertz CT molecular complexity index is 692. The second-order valence-electron chi connectivity index (χ2n) is 7.93. The Kier molecular flexibility index (Phi) is 9.61. The van der Waals surface area contributed by atoms with E-state index >= 15 is 0 Å². The molecule has 1 amide bonds. The summed E-state index contributed by atoms with van der Waals surface area (Å²) in [6.45, 7) is -0.116. The van der Waals surface area contributed by atoms with Gasteiger partial charge in [-0.2, -0.15) is 11.8 Å². The lowest BCUT2D eigenvalue weighted by atomic mass is 9.87. The lowest BCUT2D eigenvalue weighted by Gasteiger charge is -2.36. The number of nitrogens with zero attached hydrogens (tertiary/aromatic N) is 1. The van der Waals surface area contributed by atoms with Gasteiger partial charge < -0.3 is 29.5 Å². The van der Waals surface area contributed by atoms with E-state index < -0.39 is 35.9 Å². The van der Waals surface area contributed by atoms with Crippen LogP contribution in [0.4, 0.5) is 4.79 Å². The molecule has 1 aromatic carbocycles. The number of amides is 1. The lowest BCUT2D eigenvalue weighted by molar-refractivity contribution is -0.875. The quantitative estimate of drug-likeness (QED) is 0.458. The molecule has 0 saturated heterocycles. The number of aliphatic carboxylic acids is 1. The standard InChI is InChI=1S/C20H30N2O6S/c1-22(2,3)14-20(27,12-17(23)24)18(25)16(10-11-29-4)21-19(26)28-13-15-8-6-5-7-9-15/h5-9,16,27H,10-14H2,1-4H3,(H-,21,23,24,26)/t16-,20+/m0/s1. The summed E-state index contributed by atoms with van der Waals surface area (Å²) in [5, 5.41) is 24.6. The predicted octanol–water partition coefficient (Wildman–Crippen LogP) is 0.181. The molecular weight excluding hydrogens is 396 g/mol. The van der Waals surface area contributed by atoms with Crippen molar-refractivity contribution >= 4 is 29.6 Å². The first kappa shape index (κ1) is 24.9. The summed E-state index contributed by atoms with van der Waals surface area (Å²) in [7, 11) is 5.18. The maximum atomic E-state index is 13.1. The van der Waals surface area contributed by atoms with Crippen LogP contribution in [0.5, 0.6) is 0 Å². The molecule has 9 heteroatoms. The normalized spacial score (nSPS) is 14.5. The second-order valence-corrected chi connectivity index (χ2v) is 8.92. The molecule has 0 bridgehead atoms. The van der Waals surface area contributed by atoms with Gasteiger partial charge in [0, 0.05) is 12.4 Å². The van der Waals surface area contributed by atoms with E-state index in [9.17, 15) is 24.6 Å². The third-order valence-electron chi connectivity index (χ3n) is 4.06. The SMILES string of the molecule is CSCC[C@H](NC(=O)OCc1ccccc1)C(=O)[C@@](O)(CC(=O)[O-])C[N+](C)(C)C. The molecule has 1 aromatic rings. The van der Waals surface area contributed by atoms with Gasteiger partial charge in [0.1, 0.15) is 13.2 Å². The number of likely N-dealkylation sites (N-methyl/N-ethyl adjacent to an activating group) is 1. The van der Waals surface area contributed by atoms with Crippen LogP contribution >= 0.6 is 11.8 Å². The summed E-state index contributed by atoms with van der Waals surface area (Å²) < 4.78 is 5.32. The van der Waals surface area contributed by atoms with Gasteiger partial charge in [-0.25, -0.2) is 4.79 Å².